The van der Waals surface area contributed by atoms with Crippen LogP contribution in [0.5, 0.6) is 5.75 Å². The van der Waals surface area contributed by atoms with Crippen molar-refractivity contribution in [1.82, 2.24) is 10.2 Å². The first-order valence-electron chi connectivity index (χ1n) is 6.09. The first kappa shape index (κ1) is 14.5. The van der Waals surface area contributed by atoms with Gasteiger partial charge in [-0.2, -0.15) is 0 Å². The van der Waals surface area contributed by atoms with E-state index in [0.717, 1.165) is 11.3 Å². The minimum absolute atomic E-state index is 0.0237. The molecule has 0 heterocycles. The maximum atomic E-state index is 12.1. The van der Waals surface area contributed by atoms with E-state index >= 15 is 0 Å². The number of rotatable bonds is 5. The van der Waals surface area contributed by atoms with E-state index in [1.807, 2.05) is 45.2 Å². The second kappa shape index (κ2) is 6.40. The Morgan fingerprint density at radius 1 is 1.33 bits per heavy atom. The largest absolute Gasteiger partial charge is 0.496 e. The third-order valence-corrected chi connectivity index (χ3v) is 3.32. The molecule has 2 atom stereocenters. The Bertz CT molecular complexity index is 407. The van der Waals surface area contributed by atoms with Crippen LogP contribution in [0.25, 0.3) is 0 Å². The third kappa shape index (κ3) is 3.01. The van der Waals surface area contributed by atoms with E-state index in [1.165, 1.54) is 0 Å². The van der Waals surface area contributed by atoms with Gasteiger partial charge in [-0.1, -0.05) is 18.2 Å². The zero-order chi connectivity index (χ0) is 13.7. The van der Waals surface area contributed by atoms with Crippen LogP contribution in [0.15, 0.2) is 24.3 Å². The second-order valence-corrected chi connectivity index (χ2v) is 4.38. The monoisotopic (exact) mass is 250 g/mol. The molecule has 0 saturated heterocycles. The number of hydrogen-bond donors (Lipinski definition) is 1. The number of carbonyl (C=O) groups excluding carboxylic acids is 1. The average Bonchev–Trinajstić information content (AvgIpc) is 2.43. The molecule has 1 N–H and O–H groups in total. The predicted octanol–water partition coefficient (Wildman–Crippen LogP) is 1.82. The van der Waals surface area contributed by atoms with E-state index in [1.54, 1.807) is 19.1 Å². The summed E-state index contributed by atoms with van der Waals surface area (Å²) in [6, 6.07) is 7.56. The van der Waals surface area contributed by atoms with Crippen LogP contribution >= 0.6 is 0 Å². The van der Waals surface area contributed by atoms with Gasteiger partial charge in [-0.25, -0.2) is 0 Å². The van der Waals surface area contributed by atoms with Crippen LogP contribution in [0.3, 0.4) is 0 Å². The Hall–Kier alpha value is -1.55. The standard InChI is InChI=1S/C14H22N2O2/c1-10(15-3)14(17)16(4)11(2)12-8-6-7-9-13(12)18-5/h6-11,15H,1-5H3. The molecule has 1 aromatic carbocycles. The zero-order valence-corrected chi connectivity index (χ0v) is 11.7. The van der Waals surface area contributed by atoms with E-state index in [9.17, 15) is 4.79 Å². The molecule has 100 valence electrons. The van der Waals surface area contributed by atoms with Gasteiger partial charge in [0, 0.05) is 12.6 Å². The Labute approximate surface area is 109 Å². The molecular weight excluding hydrogens is 228 g/mol. The zero-order valence-electron chi connectivity index (χ0n) is 11.7. The lowest BCUT2D eigenvalue weighted by atomic mass is 10.1. The van der Waals surface area contributed by atoms with E-state index in [-0.39, 0.29) is 18.0 Å². The lowest BCUT2D eigenvalue weighted by Gasteiger charge is -2.28. The fourth-order valence-electron chi connectivity index (χ4n) is 1.84. The maximum absolute atomic E-state index is 12.1. The van der Waals surface area contributed by atoms with Gasteiger partial charge in [-0.3, -0.25) is 4.79 Å². The number of likely N-dealkylation sites (N-methyl/N-ethyl adjacent to an activating group) is 2. The van der Waals surface area contributed by atoms with Gasteiger partial charge in [-0.15, -0.1) is 0 Å². The molecule has 0 saturated carbocycles. The molecule has 4 nitrogen and oxygen atoms in total. The van der Waals surface area contributed by atoms with Gasteiger partial charge >= 0.3 is 0 Å². The first-order chi connectivity index (χ1) is 8.52. The van der Waals surface area contributed by atoms with Crippen molar-refractivity contribution in [3.63, 3.8) is 0 Å². The summed E-state index contributed by atoms with van der Waals surface area (Å²) in [6.45, 7) is 3.85. The van der Waals surface area contributed by atoms with E-state index in [4.69, 9.17) is 4.74 Å². The Morgan fingerprint density at radius 3 is 2.50 bits per heavy atom. The summed E-state index contributed by atoms with van der Waals surface area (Å²) in [5.74, 6) is 0.873. The van der Waals surface area contributed by atoms with Crippen LogP contribution in [-0.4, -0.2) is 38.1 Å². The van der Waals surface area contributed by atoms with Gasteiger partial charge in [-0.05, 0) is 27.0 Å². The average molecular weight is 250 g/mol. The smallest absolute Gasteiger partial charge is 0.239 e. The van der Waals surface area contributed by atoms with Crippen molar-refractivity contribution in [3.05, 3.63) is 29.8 Å². The third-order valence-electron chi connectivity index (χ3n) is 3.32. The number of ether oxygens (including phenoxy) is 1. The molecule has 1 aromatic rings. The van der Waals surface area contributed by atoms with Gasteiger partial charge in [0.2, 0.25) is 5.91 Å². The summed E-state index contributed by atoms with van der Waals surface area (Å²) >= 11 is 0. The highest BCUT2D eigenvalue weighted by atomic mass is 16.5. The number of benzene rings is 1. The van der Waals surface area contributed by atoms with E-state index < -0.39 is 0 Å². The van der Waals surface area contributed by atoms with Crippen molar-refractivity contribution in [2.45, 2.75) is 25.9 Å². The number of para-hydroxylation sites is 1. The first-order valence-corrected chi connectivity index (χ1v) is 6.09. The van der Waals surface area contributed by atoms with Crippen LogP contribution in [0.4, 0.5) is 0 Å². The Morgan fingerprint density at radius 2 is 1.94 bits per heavy atom. The van der Waals surface area contributed by atoms with Crippen molar-refractivity contribution in [1.29, 1.82) is 0 Å². The van der Waals surface area contributed by atoms with Gasteiger partial charge in [0.1, 0.15) is 5.75 Å². The minimum atomic E-state index is -0.188. The quantitative estimate of drug-likeness (QED) is 0.866. The molecule has 2 unspecified atom stereocenters. The Balaban J connectivity index is 2.92. The molecule has 0 aliphatic carbocycles. The lowest BCUT2D eigenvalue weighted by Crippen LogP contribution is -2.42. The highest BCUT2D eigenvalue weighted by Gasteiger charge is 2.23. The van der Waals surface area contributed by atoms with Crippen molar-refractivity contribution < 1.29 is 9.53 Å². The van der Waals surface area contributed by atoms with Crippen LogP contribution in [0.2, 0.25) is 0 Å². The van der Waals surface area contributed by atoms with Crippen molar-refractivity contribution in [3.8, 4) is 5.75 Å². The van der Waals surface area contributed by atoms with E-state index in [2.05, 4.69) is 5.32 Å². The molecular formula is C14H22N2O2. The lowest BCUT2D eigenvalue weighted by molar-refractivity contribution is -0.133. The molecule has 0 aliphatic rings. The number of hydrogen-bond acceptors (Lipinski definition) is 3. The van der Waals surface area contributed by atoms with E-state index in [0.29, 0.717) is 0 Å². The Kier molecular flexibility index (Phi) is 5.16. The summed E-state index contributed by atoms with van der Waals surface area (Å²) in [7, 11) is 5.24. The minimum Gasteiger partial charge on any atom is -0.496 e. The predicted molar refractivity (Wildman–Crippen MR) is 72.7 cm³/mol. The summed E-state index contributed by atoms with van der Waals surface area (Å²) in [4.78, 5) is 13.8. The molecule has 1 amide bonds. The SMILES string of the molecule is CNC(C)C(=O)N(C)C(C)c1ccccc1OC. The molecule has 0 radical (unpaired) electrons. The number of nitrogens with zero attached hydrogens (tertiary/aromatic N) is 1. The summed E-state index contributed by atoms with van der Waals surface area (Å²) in [5, 5.41) is 2.96. The molecule has 0 aromatic heterocycles. The fourth-order valence-corrected chi connectivity index (χ4v) is 1.84. The molecule has 0 spiro atoms. The van der Waals surface area contributed by atoms with Crippen molar-refractivity contribution in [2.24, 2.45) is 0 Å². The van der Waals surface area contributed by atoms with Crippen LogP contribution in [0, 0.1) is 0 Å². The molecule has 0 aliphatic heterocycles. The summed E-state index contributed by atoms with van der Waals surface area (Å²) in [6.07, 6.45) is 0. The van der Waals surface area contributed by atoms with Crippen LogP contribution in [0.1, 0.15) is 25.5 Å². The molecule has 1 rings (SSSR count). The van der Waals surface area contributed by atoms with Gasteiger partial charge in [0.15, 0.2) is 0 Å². The molecule has 0 fully saturated rings. The van der Waals surface area contributed by atoms with Crippen LogP contribution in [-0.2, 0) is 4.79 Å². The maximum Gasteiger partial charge on any atom is 0.239 e. The van der Waals surface area contributed by atoms with Crippen molar-refractivity contribution in [2.75, 3.05) is 21.2 Å². The van der Waals surface area contributed by atoms with Crippen molar-refractivity contribution >= 4 is 5.91 Å². The fraction of sp³-hybridized carbons (Fsp3) is 0.500. The molecule has 4 heteroatoms. The van der Waals surface area contributed by atoms with Gasteiger partial charge in [0.25, 0.3) is 0 Å². The number of amides is 1. The molecule has 18 heavy (non-hydrogen) atoms. The normalized spacial score (nSPS) is 13.8. The topological polar surface area (TPSA) is 41.6 Å². The van der Waals surface area contributed by atoms with Crippen LogP contribution < -0.4 is 10.1 Å². The summed E-state index contributed by atoms with van der Waals surface area (Å²) < 4.78 is 5.33. The number of nitrogens with one attached hydrogen (secondary N) is 1. The molecule has 0 bridgehead atoms. The number of carbonyl (C=O) groups is 1. The summed E-state index contributed by atoms with van der Waals surface area (Å²) in [5.41, 5.74) is 1.01. The van der Waals surface area contributed by atoms with Gasteiger partial charge < -0.3 is 15.0 Å². The second-order valence-electron chi connectivity index (χ2n) is 4.38. The number of methoxy groups -OCH3 is 1. The highest BCUT2D eigenvalue weighted by molar-refractivity contribution is 5.81. The highest BCUT2D eigenvalue weighted by Crippen LogP contribution is 2.28. The van der Waals surface area contributed by atoms with Gasteiger partial charge in [0.05, 0.1) is 19.2 Å².